The highest BCUT2D eigenvalue weighted by molar-refractivity contribution is 7.17. The number of thiophene rings is 1. The van der Waals surface area contributed by atoms with Crippen LogP contribution in [0.15, 0.2) is 36.4 Å². The summed E-state index contributed by atoms with van der Waals surface area (Å²) in [7, 11) is 2.94. The van der Waals surface area contributed by atoms with Crippen LogP contribution in [0.3, 0.4) is 0 Å². The van der Waals surface area contributed by atoms with E-state index in [1.54, 1.807) is 13.2 Å². The zero-order valence-corrected chi connectivity index (χ0v) is 21.2. The largest absolute Gasteiger partial charge is 0.496 e. The molecule has 0 spiro atoms. The molecule has 0 saturated heterocycles. The molecule has 3 aromatic heterocycles. The quantitative estimate of drug-likeness (QED) is 0.294. The Kier molecular flexibility index (Phi) is 7.25. The molecule has 0 aliphatic heterocycles. The number of halogens is 1. The van der Waals surface area contributed by atoms with Gasteiger partial charge in [0.2, 0.25) is 0 Å². The number of carbonyl (C=O) groups excluding carboxylic acids is 1. The first-order valence-corrected chi connectivity index (χ1v) is 12.1. The van der Waals surface area contributed by atoms with Gasteiger partial charge in [-0.05, 0) is 51.1 Å². The summed E-state index contributed by atoms with van der Waals surface area (Å²) >= 11 is 1.29. The SMILES string of the molecule is CCOc1cc(-c2cc(NCCn3c(C)cc4c(OC)ccc(F)c43)cc(C)n2)sc1C(=O)OC. The summed E-state index contributed by atoms with van der Waals surface area (Å²) in [6.07, 6.45) is 0. The van der Waals surface area contributed by atoms with Gasteiger partial charge in [-0.3, -0.25) is 4.98 Å². The molecule has 7 nitrogen and oxygen atoms in total. The molecular formula is C26H28FN3O4S. The normalized spacial score (nSPS) is 11.0. The number of aryl methyl sites for hydroxylation is 2. The number of ether oxygens (including phenoxy) is 3. The molecule has 0 radical (unpaired) electrons. The van der Waals surface area contributed by atoms with Crippen molar-refractivity contribution in [2.24, 2.45) is 0 Å². The minimum atomic E-state index is -0.436. The molecule has 184 valence electrons. The maximum atomic E-state index is 14.6. The molecule has 0 amide bonds. The zero-order valence-electron chi connectivity index (χ0n) is 20.4. The van der Waals surface area contributed by atoms with Crippen LogP contribution in [-0.2, 0) is 11.3 Å². The second-order valence-corrected chi connectivity index (χ2v) is 9.04. The third kappa shape index (κ3) is 4.95. The van der Waals surface area contributed by atoms with E-state index >= 15 is 0 Å². The van der Waals surface area contributed by atoms with Crippen molar-refractivity contribution in [2.75, 3.05) is 32.7 Å². The van der Waals surface area contributed by atoms with Crippen LogP contribution < -0.4 is 14.8 Å². The van der Waals surface area contributed by atoms with Crippen LogP contribution in [-0.4, -0.2) is 42.9 Å². The topological polar surface area (TPSA) is 74.6 Å². The minimum Gasteiger partial charge on any atom is -0.496 e. The average molecular weight is 498 g/mol. The molecule has 0 saturated carbocycles. The standard InChI is InChI=1S/C26H28FN3O4S/c1-6-34-22-14-23(35-25(22)26(31)33-5)20-13-17(11-15(2)29-20)28-9-10-30-16(3)12-18-21(32-4)8-7-19(27)24(18)30/h7-8,11-14H,6,9-10H2,1-5H3,(H,28,29). The van der Waals surface area contributed by atoms with Crippen molar-refractivity contribution in [2.45, 2.75) is 27.3 Å². The lowest BCUT2D eigenvalue weighted by Gasteiger charge is -2.12. The lowest BCUT2D eigenvalue weighted by molar-refractivity contribution is 0.0602. The van der Waals surface area contributed by atoms with E-state index in [4.69, 9.17) is 14.2 Å². The number of nitrogens with zero attached hydrogens (tertiary/aromatic N) is 2. The predicted octanol–water partition coefficient (Wildman–Crippen LogP) is 5.83. The van der Waals surface area contributed by atoms with Crippen molar-refractivity contribution in [1.29, 1.82) is 0 Å². The fraction of sp³-hybridized carbons (Fsp3) is 0.308. The van der Waals surface area contributed by atoms with Gasteiger partial charge in [0, 0.05) is 41.6 Å². The monoisotopic (exact) mass is 497 g/mol. The Bertz CT molecular complexity index is 1380. The van der Waals surface area contributed by atoms with Crippen molar-refractivity contribution < 1.29 is 23.4 Å². The van der Waals surface area contributed by atoms with Gasteiger partial charge in [-0.15, -0.1) is 11.3 Å². The van der Waals surface area contributed by atoms with Crippen LogP contribution in [0.1, 0.15) is 28.0 Å². The highest BCUT2D eigenvalue weighted by atomic mass is 32.1. The van der Waals surface area contributed by atoms with E-state index in [1.807, 2.05) is 49.6 Å². The maximum absolute atomic E-state index is 14.6. The van der Waals surface area contributed by atoms with Gasteiger partial charge >= 0.3 is 5.97 Å². The van der Waals surface area contributed by atoms with Crippen LogP contribution >= 0.6 is 11.3 Å². The van der Waals surface area contributed by atoms with Crippen LogP contribution in [0.25, 0.3) is 21.5 Å². The molecule has 3 heterocycles. The molecular weight excluding hydrogens is 469 g/mol. The number of carbonyl (C=O) groups is 1. The van der Waals surface area contributed by atoms with E-state index in [0.29, 0.717) is 41.6 Å². The molecule has 0 unspecified atom stereocenters. The molecule has 1 aromatic carbocycles. The lowest BCUT2D eigenvalue weighted by Crippen LogP contribution is -2.12. The molecule has 0 fully saturated rings. The predicted molar refractivity (Wildman–Crippen MR) is 136 cm³/mol. The van der Waals surface area contributed by atoms with E-state index < -0.39 is 5.97 Å². The van der Waals surface area contributed by atoms with Gasteiger partial charge in [0.15, 0.2) is 4.88 Å². The number of hydrogen-bond acceptors (Lipinski definition) is 7. The Hall–Kier alpha value is -3.59. The van der Waals surface area contributed by atoms with Crippen molar-refractivity contribution in [3.8, 4) is 22.1 Å². The zero-order chi connectivity index (χ0) is 25.1. The number of esters is 1. The van der Waals surface area contributed by atoms with E-state index in [-0.39, 0.29) is 5.82 Å². The lowest BCUT2D eigenvalue weighted by atomic mass is 10.2. The number of pyridine rings is 1. The Morgan fingerprint density at radius 3 is 2.66 bits per heavy atom. The summed E-state index contributed by atoms with van der Waals surface area (Å²) in [5, 5.41) is 4.18. The van der Waals surface area contributed by atoms with E-state index in [1.165, 1.54) is 24.5 Å². The number of rotatable bonds is 9. The molecule has 0 aliphatic carbocycles. The Balaban J connectivity index is 1.57. The average Bonchev–Trinajstić information content (AvgIpc) is 3.41. The third-order valence-corrected chi connectivity index (χ3v) is 6.75. The molecule has 4 aromatic rings. The van der Waals surface area contributed by atoms with Gasteiger partial charge in [0.25, 0.3) is 0 Å². The summed E-state index contributed by atoms with van der Waals surface area (Å²) in [4.78, 5) is 18.0. The smallest absolute Gasteiger partial charge is 0.351 e. The fourth-order valence-corrected chi connectivity index (χ4v) is 5.09. The summed E-state index contributed by atoms with van der Waals surface area (Å²) in [5.41, 5.74) is 3.92. The first-order chi connectivity index (χ1) is 16.9. The fourth-order valence-electron chi connectivity index (χ4n) is 4.11. The van der Waals surface area contributed by atoms with Crippen LogP contribution in [0.4, 0.5) is 10.1 Å². The Morgan fingerprint density at radius 1 is 1.14 bits per heavy atom. The number of fused-ring (bicyclic) bond motifs is 1. The highest BCUT2D eigenvalue weighted by Crippen LogP contribution is 2.37. The molecule has 0 bridgehead atoms. The summed E-state index contributed by atoms with van der Waals surface area (Å²) in [5.74, 6) is 0.429. The molecule has 0 atom stereocenters. The van der Waals surface area contributed by atoms with Crippen molar-refractivity contribution in [1.82, 2.24) is 9.55 Å². The Morgan fingerprint density at radius 2 is 1.94 bits per heavy atom. The van der Waals surface area contributed by atoms with Gasteiger partial charge in [0.05, 0.1) is 36.9 Å². The summed E-state index contributed by atoms with van der Waals surface area (Å²) in [6, 6.07) is 10.7. The number of nitrogens with one attached hydrogen (secondary N) is 1. The maximum Gasteiger partial charge on any atom is 0.351 e. The third-order valence-electron chi connectivity index (χ3n) is 5.64. The number of benzene rings is 1. The molecule has 9 heteroatoms. The van der Waals surface area contributed by atoms with Crippen molar-refractivity contribution in [3.05, 3.63) is 58.5 Å². The first-order valence-electron chi connectivity index (χ1n) is 11.3. The van der Waals surface area contributed by atoms with Gasteiger partial charge in [-0.1, -0.05) is 0 Å². The van der Waals surface area contributed by atoms with Gasteiger partial charge in [-0.25, -0.2) is 9.18 Å². The number of methoxy groups -OCH3 is 2. The first kappa shape index (κ1) is 24.5. The molecule has 0 aliphatic rings. The Labute approximate surface area is 207 Å². The second-order valence-electron chi connectivity index (χ2n) is 7.99. The van der Waals surface area contributed by atoms with E-state index in [9.17, 15) is 9.18 Å². The highest BCUT2D eigenvalue weighted by Gasteiger charge is 2.20. The minimum absolute atomic E-state index is 0.278. The van der Waals surface area contributed by atoms with Gasteiger partial charge in [-0.2, -0.15) is 0 Å². The number of aromatic nitrogens is 2. The van der Waals surface area contributed by atoms with E-state index in [0.717, 1.165) is 33.0 Å². The molecule has 35 heavy (non-hydrogen) atoms. The molecule has 4 rings (SSSR count). The van der Waals surface area contributed by atoms with Crippen LogP contribution in [0.2, 0.25) is 0 Å². The van der Waals surface area contributed by atoms with Crippen molar-refractivity contribution in [3.63, 3.8) is 0 Å². The number of hydrogen-bond donors (Lipinski definition) is 1. The van der Waals surface area contributed by atoms with Gasteiger partial charge in [0.1, 0.15) is 17.3 Å². The summed E-state index contributed by atoms with van der Waals surface area (Å²) < 4.78 is 32.5. The molecule has 1 N–H and O–H groups in total. The van der Waals surface area contributed by atoms with Crippen LogP contribution in [0, 0.1) is 19.7 Å². The van der Waals surface area contributed by atoms with Gasteiger partial charge < -0.3 is 24.1 Å². The van der Waals surface area contributed by atoms with E-state index in [2.05, 4.69) is 10.3 Å². The van der Waals surface area contributed by atoms with Crippen LogP contribution in [0.5, 0.6) is 11.5 Å². The van der Waals surface area contributed by atoms with Crippen molar-refractivity contribution >= 4 is 33.9 Å². The second kappa shape index (κ2) is 10.4. The summed E-state index contributed by atoms with van der Waals surface area (Å²) in [6.45, 7) is 7.32. The number of anilines is 1.